The molecule has 94 valence electrons. The van der Waals surface area contributed by atoms with Gasteiger partial charge >= 0.3 is 0 Å². The van der Waals surface area contributed by atoms with E-state index in [0.717, 1.165) is 0 Å². The Balaban J connectivity index is 2.11. The third kappa shape index (κ3) is 2.11. The van der Waals surface area contributed by atoms with Crippen molar-refractivity contribution in [3.05, 3.63) is 0 Å². The summed E-state index contributed by atoms with van der Waals surface area (Å²) in [5, 5.41) is 8.64. The molecule has 1 atom stereocenters. The number of nitrogens with zero attached hydrogens (tertiary/aromatic N) is 1. The van der Waals surface area contributed by atoms with E-state index in [-0.39, 0.29) is 31.0 Å². The van der Waals surface area contributed by atoms with Crippen LogP contribution < -0.4 is 0 Å². The van der Waals surface area contributed by atoms with Gasteiger partial charge in [-0.25, -0.2) is 16.8 Å². The van der Waals surface area contributed by atoms with Crippen molar-refractivity contribution in [2.75, 3.05) is 24.6 Å². The molecule has 2 fully saturated rings. The lowest BCUT2D eigenvalue weighted by molar-refractivity contribution is -0.0429. The van der Waals surface area contributed by atoms with Crippen molar-refractivity contribution < 1.29 is 21.9 Å². The van der Waals surface area contributed by atoms with E-state index < -0.39 is 30.7 Å². The highest BCUT2D eigenvalue weighted by molar-refractivity contribution is 7.95. The van der Waals surface area contributed by atoms with Crippen LogP contribution in [0.15, 0.2) is 0 Å². The number of β-amino-alcohol motifs (C(OH)–C–C–N with tert-alkyl or cyclic N) is 1. The molecule has 0 radical (unpaired) electrons. The molecule has 2 heterocycles. The van der Waals surface area contributed by atoms with Crippen LogP contribution >= 0.6 is 0 Å². The monoisotopic (exact) mass is 269 g/mol. The van der Waals surface area contributed by atoms with Gasteiger partial charge in [-0.1, -0.05) is 0 Å². The Kier molecular flexibility index (Phi) is 2.62. The van der Waals surface area contributed by atoms with E-state index in [9.17, 15) is 21.9 Å². The van der Waals surface area contributed by atoms with E-state index in [4.69, 9.17) is 0 Å². The minimum absolute atomic E-state index is 0.0544. The molecular formula is C8H15NO5S2. The van der Waals surface area contributed by atoms with Crippen molar-refractivity contribution in [2.45, 2.75) is 24.2 Å². The molecule has 0 amide bonds. The first kappa shape index (κ1) is 12.3. The second kappa shape index (κ2) is 3.41. The molecule has 1 N–H and O–H groups in total. The highest BCUT2D eigenvalue weighted by Crippen LogP contribution is 2.29. The number of sulfone groups is 1. The van der Waals surface area contributed by atoms with Gasteiger partial charge in [0.25, 0.3) is 0 Å². The smallest absolute Gasteiger partial charge is 0.218 e. The summed E-state index contributed by atoms with van der Waals surface area (Å²) in [6.45, 7) is 1.68. The average Bonchev–Trinajstić information content (AvgIpc) is 2.42. The van der Waals surface area contributed by atoms with Gasteiger partial charge in [-0.05, 0) is 13.3 Å². The van der Waals surface area contributed by atoms with Crippen LogP contribution in [0.1, 0.15) is 13.3 Å². The summed E-state index contributed by atoms with van der Waals surface area (Å²) in [5.41, 5.74) is -0.968. The molecular weight excluding hydrogens is 254 g/mol. The summed E-state index contributed by atoms with van der Waals surface area (Å²) in [6, 6.07) is 0. The second-order valence-corrected chi connectivity index (χ2v) is 9.28. The molecule has 8 heteroatoms. The molecule has 1 unspecified atom stereocenters. The zero-order valence-electron chi connectivity index (χ0n) is 8.96. The summed E-state index contributed by atoms with van der Waals surface area (Å²) >= 11 is 0. The van der Waals surface area contributed by atoms with Crippen molar-refractivity contribution in [2.24, 2.45) is 0 Å². The Morgan fingerprint density at radius 2 is 1.94 bits per heavy atom. The average molecular weight is 269 g/mol. The Morgan fingerprint density at radius 1 is 1.38 bits per heavy atom. The topological polar surface area (TPSA) is 91.8 Å². The summed E-state index contributed by atoms with van der Waals surface area (Å²) in [6.07, 6.45) is 0.170. The molecule has 2 saturated heterocycles. The van der Waals surface area contributed by atoms with Crippen LogP contribution in [0.4, 0.5) is 0 Å². The molecule has 2 rings (SSSR count). The molecule has 0 aromatic heterocycles. The van der Waals surface area contributed by atoms with Crippen molar-refractivity contribution >= 4 is 19.9 Å². The predicted molar refractivity (Wildman–Crippen MR) is 58.2 cm³/mol. The van der Waals surface area contributed by atoms with Crippen molar-refractivity contribution in [1.29, 1.82) is 0 Å². The van der Waals surface area contributed by atoms with Gasteiger partial charge < -0.3 is 5.11 Å². The number of rotatable bonds is 2. The summed E-state index contributed by atoms with van der Waals surface area (Å²) < 4.78 is 47.5. The van der Waals surface area contributed by atoms with Crippen LogP contribution in [0.5, 0.6) is 0 Å². The Morgan fingerprint density at radius 3 is 2.31 bits per heavy atom. The quantitative estimate of drug-likeness (QED) is 0.663. The first-order valence-electron chi connectivity index (χ1n) is 5.04. The molecule has 0 aliphatic carbocycles. The Labute approximate surface area is 95.2 Å². The number of aliphatic hydroxyl groups is 1. The normalized spacial score (nSPS) is 33.5. The van der Waals surface area contributed by atoms with E-state index in [1.807, 2.05) is 0 Å². The van der Waals surface area contributed by atoms with E-state index in [1.54, 1.807) is 6.92 Å². The molecule has 0 saturated carbocycles. The van der Waals surface area contributed by atoms with Crippen LogP contribution in [-0.2, 0) is 19.9 Å². The molecule has 16 heavy (non-hydrogen) atoms. The predicted octanol–water partition coefficient (Wildman–Crippen LogP) is -1.43. The van der Waals surface area contributed by atoms with Gasteiger partial charge in [0.15, 0.2) is 9.84 Å². The lowest BCUT2D eigenvalue weighted by Gasteiger charge is -2.43. The Bertz CT molecular complexity index is 485. The first-order valence-corrected chi connectivity index (χ1v) is 8.37. The minimum atomic E-state index is -3.55. The summed E-state index contributed by atoms with van der Waals surface area (Å²) in [7, 11) is -6.74. The van der Waals surface area contributed by atoms with Gasteiger partial charge in [-0.2, -0.15) is 4.31 Å². The maximum atomic E-state index is 11.9. The van der Waals surface area contributed by atoms with Crippen molar-refractivity contribution in [3.8, 4) is 0 Å². The first-order chi connectivity index (χ1) is 7.12. The molecule has 0 bridgehead atoms. The third-order valence-corrected chi connectivity index (χ3v) is 7.21. The van der Waals surface area contributed by atoms with E-state index in [0.29, 0.717) is 0 Å². The highest BCUT2D eigenvalue weighted by atomic mass is 32.2. The lowest BCUT2D eigenvalue weighted by atomic mass is 10.0. The van der Waals surface area contributed by atoms with E-state index in [2.05, 4.69) is 0 Å². The summed E-state index contributed by atoms with van der Waals surface area (Å²) in [5.74, 6) is -0.338. The van der Waals surface area contributed by atoms with Gasteiger partial charge in [0.2, 0.25) is 10.0 Å². The number of sulfonamides is 1. The zero-order valence-corrected chi connectivity index (χ0v) is 10.6. The van der Waals surface area contributed by atoms with Crippen molar-refractivity contribution in [1.82, 2.24) is 4.31 Å². The van der Waals surface area contributed by atoms with Gasteiger partial charge in [0.1, 0.15) is 0 Å². The van der Waals surface area contributed by atoms with Gasteiger partial charge in [0.05, 0.1) is 22.4 Å². The number of hydrogen-bond acceptors (Lipinski definition) is 5. The van der Waals surface area contributed by atoms with Crippen LogP contribution in [0.2, 0.25) is 0 Å². The van der Waals surface area contributed by atoms with Crippen molar-refractivity contribution in [3.63, 3.8) is 0 Å². The second-order valence-electron chi connectivity index (χ2n) is 4.83. The fourth-order valence-corrected chi connectivity index (χ4v) is 6.86. The molecule has 2 aliphatic heterocycles. The van der Waals surface area contributed by atoms with Crippen LogP contribution in [0.25, 0.3) is 0 Å². The van der Waals surface area contributed by atoms with Crippen LogP contribution in [-0.4, -0.2) is 61.7 Å². The maximum absolute atomic E-state index is 11.9. The third-order valence-electron chi connectivity index (χ3n) is 3.01. The largest absolute Gasteiger partial charge is 0.387 e. The molecule has 0 aromatic carbocycles. The zero-order chi connectivity index (χ0) is 12.2. The standard InChI is InChI=1S/C8H15NO5S2/c1-8(10)5-9(6-8)16(13,14)7-2-3-15(11,12)4-7/h7,10H,2-6H2,1H3. The van der Waals surface area contributed by atoms with Crippen LogP contribution in [0, 0.1) is 0 Å². The fourth-order valence-electron chi connectivity index (χ4n) is 2.10. The molecule has 2 aliphatic rings. The lowest BCUT2D eigenvalue weighted by Crippen LogP contribution is -2.63. The van der Waals surface area contributed by atoms with E-state index >= 15 is 0 Å². The minimum Gasteiger partial charge on any atom is -0.387 e. The highest BCUT2D eigenvalue weighted by Gasteiger charge is 2.48. The van der Waals surface area contributed by atoms with Gasteiger partial charge in [-0.15, -0.1) is 0 Å². The molecule has 6 nitrogen and oxygen atoms in total. The van der Waals surface area contributed by atoms with Gasteiger partial charge in [-0.3, -0.25) is 0 Å². The molecule has 0 spiro atoms. The fraction of sp³-hybridized carbons (Fsp3) is 1.00. The SMILES string of the molecule is CC1(O)CN(S(=O)(=O)C2CCS(=O)(=O)C2)C1. The molecule has 0 aromatic rings. The van der Waals surface area contributed by atoms with Gasteiger partial charge in [0, 0.05) is 13.1 Å². The summed E-state index contributed by atoms with van der Waals surface area (Å²) in [4.78, 5) is 0. The van der Waals surface area contributed by atoms with Crippen LogP contribution in [0.3, 0.4) is 0 Å². The number of hydrogen-bond donors (Lipinski definition) is 1. The maximum Gasteiger partial charge on any atom is 0.218 e. The Hall–Kier alpha value is -0.180. The van der Waals surface area contributed by atoms with E-state index in [1.165, 1.54) is 4.31 Å².